The van der Waals surface area contributed by atoms with Gasteiger partial charge in [-0.3, -0.25) is 19.4 Å². The molecule has 1 aromatic carbocycles. The van der Waals surface area contributed by atoms with Crippen LogP contribution in [0.15, 0.2) is 36.5 Å². The Morgan fingerprint density at radius 3 is 2.74 bits per heavy atom. The number of amides is 2. The SMILES string of the molecule is CCc1cccc(-c2cnc(C(C)=O)c(NC(=O)CNCC3CCN(C)C(=O)C3)c2)c1. The smallest absolute Gasteiger partial charge is 0.238 e. The summed E-state index contributed by atoms with van der Waals surface area (Å²) in [5.74, 6) is -0.0753. The molecule has 2 N–H and O–H groups in total. The number of piperidine rings is 1. The molecule has 1 aliphatic heterocycles. The number of rotatable bonds is 8. The summed E-state index contributed by atoms with van der Waals surface area (Å²) < 4.78 is 0. The predicted octanol–water partition coefficient (Wildman–Crippen LogP) is 2.91. The summed E-state index contributed by atoms with van der Waals surface area (Å²) in [4.78, 5) is 42.4. The first kappa shape index (κ1) is 22.6. The highest BCUT2D eigenvalue weighted by Gasteiger charge is 2.23. The first-order chi connectivity index (χ1) is 14.9. The van der Waals surface area contributed by atoms with Crippen molar-refractivity contribution in [2.24, 2.45) is 5.92 Å². The maximum atomic E-state index is 12.5. The maximum Gasteiger partial charge on any atom is 0.238 e. The molecule has 1 atom stereocenters. The first-order valence-corrected chi connectivity index (χ1v) is 10.7. The van der Waals surface area contributed by atoms with Crippen LogP contribution in [-0.4, -0.2) is 54.2 Å². The highest BCUT2D eigenvalue weighted by Crippen LogP contribution is 2.25. The maximum absolute atomic E-state index is 12.5. The molecule has 0 spiro atoms. The largest absolute Gasteiger partial charge is 0.346 e. The van der Waals surface area contributed by atoms with E-state index in [2.05, 4.69) is 34.7 Å². The zero-order valence-electron chi connectivity index (χ0n) is 18.4. The Labute approximate surface area is 183 Å². The number of anilines is 1. The molecule has 31 heavy (non-hydrogen) atoms. The number of Topliss-reactive ketones (excluding diaryl/α,β-unsaturated/α-hetero) is 1. The topological polar surface area (TPSA) is 91.4 Å². The number of ketones is 1. The van der Waals surface area contributed by atoms with Gasteiger partial charge in [0.1, 0.15) is 5.69 Å². The summed E-state index contributed by atoms with van der Waals surface area (Å²) in [5.41, 5.74) is 3.68. The van der Waals surface area contributed by atoms with Crippen LogP contribution in [-0.2, 0) is 16.0 Å². The highest BCUT2D eigenvalue weighted by molar-refractivity contribution is 6.03. The van der Waals surface area contributed by atoms with Gasteiger partial charge in [-0.1, -0.05) is 31.2 Å². The average molecular weight is 423 g/mol. The number of hydrogen-bond acceptors (Lipinski definition) is 5. The van der Waals surface area contributed by atoms with Crippen molar-refractivity contribution in [1.82, 2.24) is 15.2 Å². The Balaban J connectivity index is 1.65. The van der Waals surface area contributed by atoms with Crippen molar-refractivity contribution in [2.75, 3.05) is 32.0 Å². The Morgan fingerprint density at radius 1 is 1.23 bits per heavy atom. The molecule has 1 aromatic heterocycles. The fourth-order valence-corrected chi connectivity index (χ4v) is 3.73. The second kappa shape index (κ2) is 10.3. The van der Waals surface area contributed by atoms with Gasteiger partial charge in [-0.25, -0.2) is 0 Å². The van der Waals surface area contributed by atoms with Crippen LogP contribution < -0.4 is 10.6 Å². The zero-order chi connectivity index (χ0) is 22.4. The zero-order valence-corrected chi connectivity index (χ0v) is 18.4. The molecule has 1 fully saturated rings. The van der Waals surface area contributed by atoms with Crippen LogP contribution in [0, 0.1) is 5.92 Å². The second-order valence-corrected chi connectivity index (χ2v) is 8.08. The average Bonchev–Trinajstić information content (AvgIpc) is 2.76. The molecular weight excluding hydrogens is 392 g/mol. The van der Waals surface area contributed by atoms with Gasteiger partial charge in [0.15, 0.2) is 5.78 Å². The van der Waals surface area contributed by atoms with E-state index >= 15 is 0 Å². The standard InChI is InChI=1S/C24H30N4O3/c1-4-17-6-5-7-19(10-17)20-12-21(24(16(2)29)26-14-20)27-22(30)15-25-13-18-8-9-28(3)23(31)11-18/h5-7,10,12,14,18,25H,4,8-9,11,13,15H2,1-3H3,(H,27,30). The Kier molecular flexibility index (Phi) is 7.52. The molecule has 2 amide bonds. The molecule has 2 heterocycles. The third-order valence-electron chi connectivity index (χ3n) is 5.64. The van der Waals surface area contributed by atoms with Gasteiger partial charge in [-0.2, -0.15) is 0 Å². The number of aromatic nitrogens is 1. The van der Waals surface area contributed by atoms with Gasteiger partial charge in [0.25, 0.3) is 0 Å². The third-order valence-corrected chi connectivity index (χ3v) is 5.64. The fraction of sp³-hybridized carbons (Fsp3) is 0.417. The monoisotopic (exact) mass is 422 g/mol. The van der Waals surface area contributed by atoms with Crippen molar-refractivity contribution in [3.05, 3.63) is 47.8 Å². The number of nitrogens with zero attached hydrogens (tertiary/aromatic N) is 2. The van der Waals surface area contributed by atoms with Crippen molar-refractivity contribution in [3.8, 4) is 11.1 Å². The number of aryl methyl sites for hydroxylation is 1. The predicted molar refractivity (Wildman–Crippen MR) is 121 cm³/mol. The minimum Gasteiger partial charge on any atom is -0.346 e. The number of carbonyl (C=O) groups is 3. The molecule has 7 nitrogen and oxygen atoms in total. The van der Waals surface area contributed by atoms with Gasteiger partial charge in [0.05, 0.1) is 12.2 Å². The molecule has 1 unspecified atom stereocenters. The molecule has 0 saturated carbocycles. The first-order valence-electron chi connectivity index (χ1n) is 10.7. The number of pyridine rings is 1. The lowest BCUT2D eigenvalue weighted by molar-refractivity contribution is -0.133. The number of nitrogens with one attached hydrogen (secondary N) is 2. The lowest BCUT2D eigenvalue weighted by Crippen LogP contribution is -2.40. The van der Waals surface area contributed by atoms with Crippen molar-refractivity contribution in [3.63, 3.8) is 0 Å². The lowest BCUT2D eigenvalue weighted by Gasteiger charge is -2.28. The van der Waals surface area contributed by atoms with E-state index in [1.165, 1.54) is 12.5 Å². The molecule has 3 rings (SSSR count). The van der Waals surface area contributed by atoms with Crippen LogP contribution in [0.25, 0.3) is 11.1 Å². The van der Waals surface area contributed by atoms with E-state index in [1.54, 1.807) is 17.2 Å². The van der Waals surface area contributed by atoms with E-state index in [0.29, 0.717) is 18.7 Å². The fourth-order valence-electron chi connectivity index (χ4n) is 3.73. The molecule has 7 heteroatoms. The van der Waals surface area contributed by atoms with E-state index in [4.69, 9.17) is 0 Å². The van der Waals surface area contributed by atoms with Gasteiger partial charge >= 0.3 is 0 Å². The molecule has 2 aromatic rings. The molecule has 0 bridgehead atoms. The van der Waals surface area contributed by atoms with Crippen molar-refractivity contribution < 1.29 is 14.4 Å². The third kappa shape index (κ3) is 5.98. The Bertz CT molecular complexity index is 973. The van der Waals surface area contributed by atoms with Gasteiger partial charge in [-0.05, 0) is 42.5 Å². The van der Waals surface area contributed by atoms with Gasteiger partial charge in [-0.15, -0.1) is 0 Å². The summed E-state index contributed by atoms with van der Waals surface area (Å²) in [6, 6.07) is 9.92. The molecule has 1 aliphatic rings. The lowest BCUT2D eigenvalue weighted by atomic mass is 9.96. The minimum atomic E-state index is -0.247. The van der Waals surface area contributed by atoms with E-state index in [1.807, 2.05) is 19.2 Å². The van der Waals surface area contributed by atoms with Crippen LogP contribution in [0.4, 0.5) is 5.69 Å². The van der Waals surface area contributed by atoms with Crippen molar-refractivity contribution in [2.45, 2.75) is 33.1 Å². The molecule has 164 valence electrons. The second-order valence-electron chi connectivity index (χ2n) is 8.08. The highest BCUT2D eigenvalue weighted by atomic mass is 16.2. The van der Waals surface area contributed by atoms with E-state index < -0.39 is 0 Å². The summed E-state index contributed by atoms with van der Waals surface area (Å²) in [7, 11) is 1.81. The summed E-state index contributed by atoms with van der Waals surface area (Å²) in [5, 5.41) is 5.96. The molecule has 0 radical (unpaired) electrons. The molecular formula is C24H30N4O3. The van der Waals surface area contributed by atoms with Crippen molar-refractivity contribution >= 4 is 23.3 Å². The van der Waals surface area contributed by atoms with E-state index in [-0.39, 0.29) is 35.8 Å². The van der Waals surface area contributed by atoms with Crippen LogP contribution in [0.5, 0.6) is 0 Å². The number of benzene rings is 1. The van der Waals surface area contributed by atoms with Crippen LogP contribution in [0.2, 0.25) is 0 Å². The Hall–Kier alpha value is -3.06. The summed E-state index contributed by atoms with van der Waals surface area (Å²) in [6.45, 7) is 4.99. The number of likely N-dealkylation sites (tertiary alicyclic amines) is 1. The van der Waals surface area contributed by atoms with E-state index in [0.717, 1.165) is 30.5 Å². The van der Waals surface area contributed by atoms with Crippen molar-refractivity contribution in [1.29, 1.82) is 0 Å². The van der Waals surface area contributed by atoms with Gasteiger partial charge < -0.3 is 15.5 Å². The number of carbonyl (C=O) groups excluding carboxylic acids is 3. The normalized spacial score (nSPS) is 16.3. The summed E-state index contributed by atoms with van der Waals surface area (Å²) in [6.07, 6.45) is 4.01. The van der Waals surface area contributed by atoms with Crippen LogP contribution >= 0.6 is 0 Å². The minimum absolute atomic E-state index is 0.105. The van der Waals surface area contributed by atoms with E-state index in [9.17, 15) is 14.4 Å². The van der Waals surface area contributed by atoms with Crippen LogP contribution in [0.1, 0.15) is 42.7 Å². The summed E-state index contributed by atoms with van der Waals surface area (Å²) >= 11 is 0. The van der Waals surface area contributed by atoms with Gasteiger partial charge in [0, 0.05) is 38.7 Å². The number of hydrogen-bond donors (Lipinski definition) is 2. The Morgan fingerprint density at radius 2 is 2.03 bits per heavy atom. The quantitative estimate of drug-likeness (QED) is 0.639. The molecule has 1 saturated heterocycles. The van der Waals surface area contributed by atoms with Gasteiger partial charge in [0.2, 0.25) is 11.8 Å². The van der Waals surface area contributed by atoms with Crippen LogP contribution in [0.3, 0.4) is 0 Å². The molecule has 0 aliphatic carbocycles.